The van der Waals surface area contributed by atoms with Crippen molar-refractivity contribution in [1.82, 2.24) is 15.1 Å². The molecule has 0 amide bonds. The molecule has 2 heterocycles. The molecule has 16 heavy (non-hydrogen) atoms. The van der Waals surface area contributed by atoms with Crippen LogP contribution in [-0.4, -0.2) is 15.1 Å². The van der Waals surface area contributed by atoms with E-state index in [-0.39, 0.29) is 11.6 Å². The largest absolute Gasteiger partial charge is 0.334 e. The maximum atomic E-state index is 11.1. The number of aromatic nitrogens is 3. The zero-order chi connectivity index (χ0) is 11.5. The van der Waals surface area contributed by atoms with Gasteiger partial charge in [0, 0.05) is 17.8 Å². The van der Waals surface area contributed by atoms with Gasteiger partial charge in [-0.3, -0.25) is 4.79 Å². The van der Waals surface area contributed by atoms with Crippen molar-refractivity contribution in [3.05, 3.63) is 34.5 Å². The van der Waals surface area contributed by atoms with Gasteiger partial charge in [0.25, 0.3) is 5.89 Å². The van der Waals surface area contributed by atoms with Gasteiger partial charge in [-0.15, -0.1) is 0 Å². The van der Waals surface area contributed by atoms with Crippen LogP contribution < -0.4 is 11.3 Å². The van der Waals surface area contributed by atoms with Crippen molar-refractivity contribution in [2.24, 2.45) is 5.73 Å². The lowest BCUT2D eigenvalue weighted by atomic mass is 10.2. The molecule has 6 heteroatoms. The number of hydrogen-bond donors (Lipinski definition) is 2. The first kappa shape index (κ1) is 10.6. The minimum Gasteiger partial charge on any atom is -0.334 e. The number of hydrogen-bond acceptors (Lipinski definition) is 5. The lowest BCUT2D eigenvalue weighted by Crippen LogP contribution is -2.10. The summed E-state index contributed by atoms with van der Waals surface area (Å²) in [6.07, 6.45) is 2.26. The van der Waals surface area contributed by atoms with Crippen molar-refractivity contribution in [2.75, 3.05) is 0 Å². The summed E-state index contributed by atoms with van der Waals surface area (Å²) in [5.74, 6) is 0.766. The summed E-state index contributed by atoms with van der Waals surface area (Å²) in [5.41, 5.74) is 6.14. The Bertz CT molecular complexity index is 531. The van der Waals surface area contributed by atoms with Gasteiger partial charge in [0.2, 0.25) is 5.56 Å². The van der Waals surface area contributed by atoms with Gasteiger partial charge in [-0.1, -0.05) is 12.1 Å². The Morgan fingerprint density at radius 1 is 1.62 bits per heavy atom. The van der Waals surface area contributed by atoms with Gasteiger partial charge in [0.1, 0.15) is 0 Å². The van der Waals surface area contributed by atoms with E-state index in [1.54, 1.807) is 6.07 Å². The van der Waals surface area contributed by atoms with Gasteiger partial charge in [-0.05, 0) is 12.5 Å². The number of nitrogens with zero attached hydrogens (tertiary/aromatic N) is 2. The molecule has 2 aromatic rings. The van der Waals surface area contributed by atoms with Crippen molar-refractivity contribution < 1.29 is 4.52 Å². The zero-order valence-corrected chi connectivity index (χ0v) is 8.80. The number of H-pyrrole nitrogens is 1. The SMILES string of the molecule is CCC(N)c1noc(-c2cc[nH]c(=O)c2)n1. The topological polar surface area (TPSA) is 97.8 Å². The molecule has 0 aliphatic heterocycles. The van der Waals surface area contributed by atoms with Crippen LogP contribution in [0.5, 0.6) is 0 Å². The summed E-state index contributed by atoms with van der Waals surface area (Å²) in [7, 11) is 0. The average Bonchev–Trinajstić information content (AvgIpc) is 2.77. The Morgan fingerprint density at radius 3 is 3.12 bits per heavy atom. The Labute approximate surface area is 91.5 Å². The molecule has 0 aliphatic rings. The second-order valence-corrected chi connectivity index (χ2v) is 3.41. The third kappa shape index (κ3) is 2.01. The molecule has 1 atom stereocenters. The van der Waals surface area contributed by atoms with E-state index in [0.29, 0.717) is 17.3 Å². The van der Waals surface area contributed by atoms with Crippen LogP contribution >= 0.6 is 0 Å². The maximum absolute atomic E-state index is 11.1. The predicted octanol–water partition coefficient (Wildman–Crippen LogP) is 0.835. The van der Waals surface area contributed by atoms with Gasteiger partial charge < -0.3 is 15.2 Å². The lowest BCUT2D eigenvalue weighted by molar-refractivity contribution is 0.415. The highest BCUT2D eigenvalue weighted by molar-refractivity contribution is 5.51. The van der Waals surface area contributed by atoms with Gasteiger partial charge in [-0.2, -0.15) is 4.98 Å². The highest BCUT2D eigenvalue weighted by Gasteiger charge is 2.13. The normalized spacial score (nSPS) is 12.6. The van der Waals surface area contributed by atoms with E-state index in [1.807, 2.05) is 6.92 Å². The van der Waals surface area contributed by atoms with Crippen LogP contribution in [0.1, 0.15) is 25.2 Å². The van der Waals surface area contributed by atoms with E-state index in [0.717, 1.165) is 6.42 Å². The van der Waals surface area contributed by atoms with Crippen LogP contribution in [0.4, 0.5) is 0 Å². The van der Waals surface area contributed by atoms with E-state index in [2.05, 4.69) is 15.1 Å². The number of aromatic amines is 1. The van der Waals surface area contributed by atoms with Crippen LogP contribution in [0.2, 0.25) is 0 Å². The zero-order valence-electron chi connectivity index (χ0n) is 8.80. The molecule has 0 radical (unpaired) electrons. The standard InChI is InChI=1S/C10H12N4O2/c1-2-7(11)9-13-10(16-14-9)6-3-4-12-8(15)5-6/h3-5,7H,2,11H2,1H3,(H,12,15). The summed E-state index contributed by atoms with van der Waals surface area (Å²) < 4.78 is 5.03. The van der Waals surface area contributed by atoms with Crippen molar-refractivity contribution in [2.45, 2.75) is 19.4 Å². The van der Waals surface area contributed by atoms with E-state index < -0.39 is 0 Å². The van der Waals surface area contributed by atoms with Crippen molar-refractivity contribution >= 4 is 0 Å². The molecule has 2 aromatic heterocycles. The first-order valence-electron chi connectivity index (χ1n) is 4.99. The second-order valence-electron chi connectivity index (χ2n) is 3.41. The van der Waals surface area contributed by atoms with Gasteiger partial charge in [0.05, 0.1) is 6.04 Å². The summed E-state index contributed by atoms with van der Waals surface area (Å²) in [6.45, 7) is 1.94. The third-order valence-corrected chi connectivity index (χ3v) is 2.24. The highest BCUT2D eigenvalue weighted by Crippen LogP contribution is 2.17. The Hall–Kier alpha value is -1.95. The van der Waals surface area contributed by atoms with Crippen LogP contribution in [0.3, 0.4) is 0 Å². The number of nitrogens with one attached hydrogen (secondary N) is 1. The number of rotatable bonds is 3. The molecule has 6 nitrogen and oxygen atoms in total. The quantitative estimate of drug-likeness (QED) is 0.798. The average molecular weight is 220 g/mol. The van der Waals surface area contributed by atoms with Crippen LogP contribution in [0.25, 0.3) is 11.5 Å². The molecule has 1 unspecified atom stereocenters. The van der Waals surface area contributed by atoms with Crippen LogP contribution in [0.15, 0.2) is 27.6 Å². The van der Waals surface area contributed by atoms with Crippen molar-refractivity contribution in [3.63, 3.8) is 0 Å². The molecular formula is C10H12N4O2. The van der Waals surface area contributed by atoms with Crippen LogP contribution in [0, 0.1) is 0 Å². The molecule has 84 valence electrons. The van der Waals surface area contributed by atoms with E-state index in [1.165, 1.54) is 12.3 Å². The Morgan fingerprint density at radius 2 is 2.44 bits per heavy atom. The molecule has 0 fully saturated rings. The molecule has 2 rings (SSSR count). The van der Waals surface area contributed by atoms with Gasteiger partial charge >= 0.3 is 0 Å². The van der Waals surface area contributed by atoms with E-state index in [4.69, 9.17) is 10.3 Å². The summed E-state index contributed by atoms with van der Waals surface area (Å²) in [5, 5.41) is 3.77. The monoisotopic (exact) mass is 220 g/mol. The fraction of sp³-hybridized carbons (Fsp3) is 0.300. The predicted molar refractivity (Wildman–Crippen MR) is 57.6 cm³/mol. The summed E-state index contributed by atoms with van der Waals surface area (Å²) in [6, 6.07) is 2.85. The smallest absolute Gasteiger partial charge is 0.258 e. The highest BCUT2D eigenvalue weighted by atomic mass is 16.5. The molecular weight excluding hydrogens is 208 g/mol. The first-order chi connectivity index (χ1) is 7.70. The summed E-state index contributed by atoms with van der Waals surface area (Å²) >= 11 is 0. The minimum absolute atomic E-state index is 0.211. The Balaban J connectivity index is 2.35. The lowest BCUT2D eigenvalue weighted by Gasteiger charge is -1.99. The van der Waals surface area contributed by atoms with E-state index >= 15 is 0 Å². The molecule has 0 saturated carbocycles. The fourth-order valence-electron chi connectivity index (χ4n) is 1.26. The molecule has 0 bridgehead atoms. The maximum Gasteiger partial charge on any atom is 0.258 e. The van der Waals surface area contributed by atoms with Gasteiger partial charge in [0.15, 0.2) is 5.82 Å². The molecule has 0 aromatic carbocycles. The number of pyridine rings is 1. The van der Waals surface area contributed by atoms with Crippen molar-refractivity contribution in [1.29, 1.82) is 0 Å². The third-order valence-electron chi connectivity index (χ3n) is 2.24. The fourth-order valence-corrected chi connectivity index (χ4v) is 1.26. The van der Waals surface area contributed by atoms with Crippen molar-refractivity contribution in [3.8, 4) is 11.5 Å². The molecule has 0 saturated heterocycles. The molecule has 0 spiro atoms. The van der Waals surface area contributed by atoms with E-state index in [9.17, 15) is 4.79 Å². The van der Waals surface area contributed by atoms with Crippen LogP contribution in [-0.2, 0) is 0 Å². The van der Waals surface area contributed by atoms with Gasteiger partial charge in [-0.25, -0.2) is 0 Å². The number of nitrogens with two attached hydrogens (primary N) is 1. The molecule has 3 N–H and O–H groups in total. The minimum atomic E-state index is -0.237. The summed E-state index contributed by atoms with van der Waals surface area (Å²) in [4.78, 5) is 17.7. The Kier molecular flexibility index (Phi) is 2.82. The first-order valence-corrected chi connectivity index (χ1v) is 4.99. The second kappa shape index (κ2) is 4.28. The molecule has 0 aliphatic carbocycles.